The Balaban J connectivity index is 1.25. The van der Waals surface area contributed by atoms with E-state index < -0.39 is 24.2 Å². The Hall–Kier alpha value is -3.65. The highest BCUT2D eigenvalue weighted by Crippen LogP contribution is 2.39. The smallest absolute Gasteiger partial charge is 0.408 e. The second kappa shape index (κ2) is 11.8. The molecular formula is C26H31F3N6O5. The quantitative estimate of drug-likeness (QED) is 0.466. The van der Waals surface area contributed by atoms with E-state index >= 15 is 0 Å². The third-order valence-electron chi connectivity index (χ3n) is 7.00. The zero-order valence-electron chi connectivity index (χ0n) is 21.9. The van der Waals surface area contributed by atoms with Gasteiger partial charge in [0.25, 0.3) is 5.91 Å². The molecule has 1 unspecified atom stereocenters. The predicted octanol–water partition coefficient (Wildman–Crippen LogP) is 3.71. The summed E-state index contributed by atoms with van der Waals surface area (Å²) < 4.78 is 55.8. The summed E-state index contributed by atoms with van der Waals surface area (Å²) >= 11 is 0. The van der Waals surface area contributed by atoms with Crippen LogP contribution in [-0.4, -0.2) is 79.4 Å². The lowest BCUT2D eigenvalue weighted by molar-refractivity contribution is -0.165. The number of halogens is 3. The van der Waals surface area contributed by atoms with Crippen LogP contribution < -0.4 is 25.2 Å². The average Bonchev–Trinajstić information content (AvgIpc) is 3.35. The van der Waals surface area contributed by atoms with Gasteiger partial charge in [-0.1, -0.05) is 0 Å². The van der Waals surface area contributed by atoms with Crippen molar-refractivity contribution in [3.8, 4) is 5.75 Å². The van der Waals surface area contributed by atoms with Crippen molar-refractivity contribution >= 4 is 29.3 Å². The molecule has 2 N–H and O–H groups in total. The number of carbonyl (C=O) groups excluding carboxylic acids is 2. The molecule has 3 aliphatic rings. The molecule has 2 aromatic heterocycles. The first-order valence-electron chi connectivity index (χ1n) is 13.2. The van der Waals surface area contributed by atoms with Crippen molar-refractivity contribution in [2.45, 2.75) is 57.2 Å². The van der Waals surface area contributed by atoms with Gasteiger partial charge in [0.05, 0.1) is 18.3 Å². The van der Waals surface area contributed by atoms with Gasteiger partial charge in [-0.25, -0.2) is 14.8 Å². The van der Waals surface area contributed by atoms with E-state index in [1.165, 1.54) is 17.2 Å². The lowest BCUT2D eigenvalue weighted by Gasteiger charge is -2.35. The third-order valence-corrected chi connectivity index (χ3v) is 7.00. The number of amides is 3. The summed E-state index contributed by atoms with van der Waals surface area (Å²) in [7, 11) is 0. The maximum absolute atomic E-state index is 13.4. The van der Waals surface area contributed by atoms with Crippen LogP contribution in [0.3, 0.4) is 0 Å². The topological polar surface area (TPSA) is 118 Å². The highest BCUT2D eigenvalue weighted by atomic mass is 19.4. The molecule has 2 fully saturated rings. The van der Waals surface area contributed by atoms with Gasteiger partial charge in [0.15, 0.2) is 12.1 Å². The number of pyridine rings is 2. The summed E-state index contributed by atoms with van der Waals surface area (Å²) in [5.74, 6) is -0.0474. The number of nitrogens with zero attached hydrogens (tertiary/aromatic N) is 4. The van der Waals surface area contributed by atoms with Gasteiger partial charge in [-0.15, -0.1) is 0 Å². The van der Waals surface area contributed by atoms with E-state index in [1.54, 1.807) is 18.2 Å². The number of anilines is 3. The van der Waals surface area contributed by atoms with Gasteiger partial charge in [-0.3, -0.25) is 15.0 Å². The SMILES string of the molecule is C[C@@H](NC(=O)c1ccc2c(n1)N(C(=O)Nc1cc(OCCOC3CCCCO3)ccn1)[C@H]1CCN2C1)C(F)(F)F. The van der Waals surface area contributed by atoms with E-state index in [0.717, 1.165) is 26.2 Å². The molecule has 216 valence electrons. The zero-order chi connectivity index (χ0) is 28.3. The van der Waals surface area contributed by atoms with Crippen LogP contribution in [0.4, 0.5) is 35.3 Å². The van der Waals surface area contributed by atoms with Crippen molar-refractivity contribution in [3.63, 3.8) is 0 Å². The van der Waals surface area contributed by atoms with Crippen molar-refractivity contribution in [1.82, 2.24) is 15.3 Å². The number of nitrogens with one attached hydrogen (secondary N) is 2. The number of hydrogen-bond acceptors (Lipinski definition) is 8. The molecule has 40 heavy (non-hydrogen) atoms. The van der Waals surface area contributed by atoms with Gasteiger partial charge in [-0.05, 0) is 50.8 Å². The first-order valence-corrected chi connectivity index (χ1v) is 13.2. The van der Waals surface area contributed by atoms with E-state index in [9.17, 15) is 22.8 Å². The van der Waals surface area contributed by atoms with Gasteiger partial charge < -0.3 is 24.4 Å². The van der Waals surface area contributed by atoms with E-state index in [2.05, 4.69) is 15.3 Å². The zero-order valence-corrected chi connectivity index (χ0v) is 21.9. The standard InChI is InChI=1S/C26H31F3N6O5/c1-16(26(27,28)29)31-24(36)19-5-6-20-23(32-19)35(17-8-10-34(20)15-17)25(37)33-21-14-18(7-9-30-21)38-12-13-40-22-4-2-3-11-39-22/h5-7,9,14,16-17,22H,2-4,8,10-13,15H2,1H3,(H,31,36)(H,30,33,37)/t16-,17+,22?/m1/s1. The summed E-state index contributed by atoms with van der Waals surface area (Å²) in [6.45, 7) is 3.43. The van der Waals surface area contributed by atoms with Gasteiger partial charge in [0, 0.05) is 32.0 Å². The number of aromatic nitrogens is 2. The molecule has 0 spiro atoms. The summed E-state index contributed by atoms with van der Waals surface area (Å²) in [5.41, 5.74) is 0.404. The minimum atomic E-state index is -4.59. The fourth-order valence-corrected chi connectivity index (χ4v) is 4.87. The predicted molar refractivity (Wildman–Crippen MR) is 139 cm³/mol. The molecule has 5 rings (SSSR count). The number of rotatable bonds is 8. The molecule has 0 saturated carbocycles. The number of hydrogen-bond donors (Lipinski definition) is 2. The largest absolute Gasteiger partial charge is 0.491 e. The highest BCUT2D eigenvalue weighted by Gasteiger charge is 2.41. The van der Waals surface area contributed by atoms with E-state index in [4.69, 9.17) is 14.2 Å². The molecule has 2 saturated heterocycles. The van der Waals surface area contributed by atoms with Gasteiger partial charge >= 0.3 is 12.2 Å². The molecule has 0 aliphatic carbocycles. The second-order valence-corrected chi connectivity index (χ2v) is 9.86. The van der Waals surface area contributed by atoms with Crippen molar-refractivity contribution in [1.29, 1.82) is 0 Å². The molecule has 0 aromatic carbocycles. The lowest BCUT2D eigenvalue weighted by atomic mass is 10.1. The molecule has 5 heterocycles. The van der Waals surface area contributed by atoms with Crippen LogP contribution in [0, 0.1) is 0 Å². The van der Waals surface area contributed by atoms with Gasteiger partial charge in [0.2, 0.25) is 0 Å². The second-order valence-electron chi connectivity index (χ2n) is 9.86. The monoisotopic (exact) mass is 564 g/mol. The number of carbonyl (C=O) groups is 2. The molecule has 2 bridgehead atoms. The Morgan fingerprint density at radius 1 is 1.20 bits per heavy atom. The first kappa shape index (κ1) is 27.9. The summed E-state index contributed by atoms with van der Waals surface area (Å²) in [6, 6.07) is 3.39. The van der Waals surface area contributed by atoms with Crippen LogP contribution in [0.25, 0.3) is 0 Å². The molecule has 0 radical (unpaired) electrons. The molecule has 3 amide bonds. The number of urea groups is 1. The molecule has 2 aromatic rings. The summed E-state index contributed by atoms with van der Waals surface area (Å²) in [4.78, 5) is 38.0. The third kappa shape index (κ3) is 6.39. The minimum absolute atomic E-state index is 0.202. The van der Waals surface area contributed by atoms with Crippen molar-refractivity contribution in [3.05, 3.63) is 36.2 Å². The Morgan fingerprint density at radius 2 is 2.05 bits per heavy atom. The van der Waals surface area contributed by atoms with E-state index in [-0.39, 0.29) is 36.3 Å². The molecule has 14 heteroatoms. The van der Waals surface area contributed by atoms with E-state index in [0.29, 0.717) is 44.2 Å². The number of fused-ring (bicyclic) bond motifs is 4. The van der Waals surface area contributed by atoms with Crippen LogP contribution in [0.15, 0.2) is 30.5 Å². The Kier molecular flexibility index (Phi) is 8.26. The van der Waals surface area contributed by atoms with Crippen LogP contribution in [0.1, 0.15) is 43.1 Å². The fraction of sp³-hybridized carbons (Fsp3) is 0.538. The van der Waals surface area contributed by atoms with Gasteiger partial charge in [0.1, 0.15) is 29.9 Å². The van der Waals surface area contributed by atoms with Crippen LogP contribution in [0.5, 0.6) is 5.75 Å². The Morgan fingerprint density at radius 3 is 2.83 bits per heavy atom. The van der Waals surface area contributed by atoms with Gasteiger partial charge in [-0.2, -0.15) is 13.2 Å². The summed E-state index contributed by atoms with van der Waals surface area (Å²) in [5, 5.41) is 4.67. The minimum Gasteiger partial charge on any atom is -0.491 e. The molecular weight excluding hydrogens is 533 g/mol. The number of alkyl halides is 3. The molecule has 3 aliphatic heterocycles. The van der Waals surface area contributed by atoms with Crippen molar-refractivity contribution in [2.24, 2.45) is 0 Å². The maximum Gasteiger partial charge on any atom is 0.408 e. The van der Waals surface area contributed by atoms with Crippen LogP contribution in [0.2, 0.25) is 0 Å². The van der Waals surface area contributed by atoms with Crippen molar-refractivity contribution < 1.29 is 37.0 Å². The average molecular weight is 565 g/mol. The first-order chi connectivity index (χ1) is 19.2. The molecule has 3 atom stereocenters. The highest BCUT2D eigenvalue weighted by molar-refractivity contribution is 6.05. The van der Waals surface area contributed by atoms with Crippen LogP contribution in [-0.2, 0) is 9.47 Å². The summed E-state index contributed by atoms with van der Waals surface area (Å²) in [6.07, 6.45) is 0.327. The Labute approximate surface area is 229 Å². The van der Waals surface area contributed by atoms with Crippen molar-refractivity contribution in [2.75, 3.05) is 48.0 Å². The number of ether oxygens (including phenoxy) is 3. The van der Waals surface area contributed by atoms with E-state index in [1.807, 2.05) is 10.2 Å². The normalized spacial score (nSPS) is 21.0. The fourth-order valence-electron chi connectivity index (χ4n) is 4.87. The lowest BCUT2D eigenvalue weighted by Crippen LogP contribution is -2.49. The maximum atomic E-state index is 13.4. The van der Waals surface area contributed by atoms with Crippen LogP contribution >= 0.6 is 0 Å². The Bertz CT molecular complexity index is 1230. The molecule has 11 nitrogen and oxygen atoms in total.